The van der Waals surface area contributed by atoms with Crippen LogP contribution < -0.4 is 0 Å². The van der Waals surface area contributed by atoms with Gasteiger partial charge in [-0.1, -0.05) is 0 Å². The number of thiol groups is 2. The first-order valence-electron chi connectivity index (χ1n) is 23.5. The summed E-state index contributed by atoms with van der Waals surface area (Å²) in [6, 6.07) is 0. The Morgan fingerprint density at radius 2 is 0.373 bits per heavy atom. The molecule has 0 atom stereocenters. The van der Waals surface area contributed by atoms with Crippen molar-refractivity contribution in [3.8, 4) is 0 Å². The fraction of sp³-hybridized carbons (Fsp3) is 0.955. The van der Waals surface area contributed by atoms with Crippen molar-refractivity contribution in [1.29, 1.82) is 0 Å². The third kappa shape index (κ3) is 61.2. The minimum Gasteiger partial charge on any atom is -0.463 e. The van der Waals surface area contributed by atoms with Crippen molar-refractivity contribution < 1.29 is 99.6 Å². The Labute approximate surface area is 410 Å². The number of ether oxygens (including phenoxy) is 19. The third-order valence-corrected chi connectivity index (χ3v) is 8.49. The number of hydrogen-bond acceptors (Lipinski definition) is 23. The summed E-state index contributed by atoms with van der Waals surface area (Å²) in [5.41, 5.74) is 0. The normalized spacial score (nSPS) is 11.6. The summed E-state index contributed by atoms with van der Waals surface area (Å²) in [4.78, 5) is 22.5. The molecular formula is C44H86O21S2. The highest BCUT2D eigenvalue weighted by Crippen LogP contribution is 1.94. The first-order valence-corrected chi connectivity index (χ1v) is 24.8. The van der Waals surface area contributed by atoms with Gasteiger partial charge in [0.25, 0.3) is 0 Å². The topological polar surface area (TPSA) is 210 Å². The van der Waals surface area contributed by atoms with Gasteiger partial charge in [-0.15, -0.1) is 0 Å². The largest absolute Gasteiger partial charge is 0.463 e. The molecular weight excluding hydrogens is 929 g/mol. The van der Waals surface area contributed by atoms with Gasteiger partial charge in [-0.05, 0) is 5.75 Å². The van der Waals surface area contributed by atoms with Crippen LogP contribution in [0.2, 0.25) is 0 Å². The van der Waals surface area contributed by atoms with Crippen LogP contribution in [0.4, 0.5) is 0 Å². The van der Waals surface area contributed by atoms with Gasteiger partial charge in [0.05, 0.1) is 244 Å². The van der Waals surface area contributed by atoms with E-state index in [1.165, 1.54) is 0 Å². The average Bonchev–Trinajstić information content (AvgIpc) is 3.32. The first-order chi connectivity index (χ1) is 33.2. The number of hydrogen-bond donors (Lipinski definition) is 2. The maximum Gasteiger partial charge on any atom is 0.306 e. The molecule has 0 amide bonds. The summed E-state index contributed by atoms with van der Waals surface area (Å²) in [6.45, 7) is 17.3. The molecule has 0 bridgehead atoms. The number of carbonyl (C=O) groups excluding carboxylic acids is 2. The van der Waals surface area contributed by atoms with E-state index in [0.29, 0.717) is 269 Å². The van der Waals surface area contributed by atoms with Gasteiger partial charge in [0.1, 0.15) is 12.4 Å². The van der Waals surface area contributed by atoms with Crippen molar-refractivity contribution in [3.63, 3.8) is 0 Å². The second-order valence-corrected chi connectivity index (χ2v) is 14.4. The van der Waals surface area contributed by atoms with Crippen molar-refractivity contribution in [3.05, 3.63) is 0 Å². The zero-order valence-electron chi connectivity index (χ0n) is 40.2. The first kappa shape index (κ1) is 66.1. The van der Waals surface area contributed by atoms with Crippen molar-refractivity contribution in [2.45, 2.75) is 19.3 Å². The second kappa shape index (κ2) is 61.2. The van der Waals surface area contributed by atoms with E-state index >= 15 is 0 Å². The minimum absolute atomic E-state index is 0.167. The zero-order valence-corrected chi connectivity index (χ0v) is 42.0. The van der Waals surface area contributed by atoms with Gasteiger partial charge in [0, 0.05) is 18.6 Å². The number of ketones is 1. The van der Waals surface area contributed by atoms with Crippen molar-refractivity contribution >= 4 is 37.0 Å². The Balaban J connectivity index is 3.09. The lowest BCUT2D eigenvalue weighted by Crippen LogP contribution is -2.16. The molecule has 0 heterocycles. The van der Waals surface area contributed by atoms with Crippen LogP contribution in [0.3, 0.4) is 0 Å². The Kier molecular flexibility index (Phi) is 60.4. The SMILES string of the molecule is O=C(CCS)CCOCCOCCOCCOCCOCCOCCOCCOCCOCCOCCOCCOCCOCCOCCOCCOCCOCCOCCOC(=O)CCS. The Hall–Kier alpha value is -0.880. The summed E-state index contributed by atoms with van der Waals surface area (Å²) < 4.78 is 103. The minimum atomic E-state index is -0.270. The molecule has 21 nitrogen and oxygen atoms in total. The molecule has 0 saturated carbocycles. The number of carbonyl (C=O) groups is 2. The van der Waals surface area contributed by atoms with E-state index in [9.17, 15) is 9.59 Å². The van der Waals surface area contributed by atoms with Crippen LogP contribution in [0.25, 0.3) is 0 Å². The van der Waals surface area contributed by atoms with E-state index < -0.39 is 0 Å². The summed E-state index contributed by atoms with van der Waals surface area (Å²) in [5, 5.41) is 0. The highest BCUT2D eigenvalue weighted by molar-refractivity contribution is 7.80. The molecule has 0 rings (SSSR count). The molecule has 0 aromatic rings. The van der Waals surface area contributed by atoms with Gasteiger partial charge in [-0.25, -0.2) is 0 Å². The number of esters is 1. The zero-order chi connectivity index (χ0) is 48.3. The predicted molar refractivity (Wildman–Crippen MR) is 252 cm³/mol. The van der Waals surface area contributed by atoms with Crippen LogP contribution >= 0.6 is 25.3 Å². The monoisotopic (exact) mass is 1010 g/mol. The van der Waals surface area contributed by atoms with Gasteiger partial charge < -0.3 is 90.0 Å². The molecule has 0 aliphatic carbocycles. The molecule has 0 aromatic carbocycles. The highest BCUT2D eigenvalue weighted by Gasteiger charge is 2.02. The molecule has 0 aliphatic rings. The number of Topliss-reactive ketones (excluding diaryl/α,β-unsaturated/α-hetero) is 1. The van der Waals surface area contributed by atoms with Crippen molar-refractivity contribution in [2.24, 2.45) is 0 Å². The van der Waals surface area contributed by atoms with E-state index in [2.05, 4.69) is 25.3 Å². The lowest BCUT2D eigenvalue weighted by Gasteiger charge is -2.09. The smallest absolute Gasteiger partial charge is 0.306 e. The molecule has 23 heteroatoms. The number of rotatable bonds is 61. The van der Waals surface area contributed by atoms with Crippen LogP contribution in [0.1, 0.15) is 19.3 Å². The summed E-state index contributed by atoms with van der Waals surface area (Å²) in [6.07, 6.45) is 1.21. The van der Waals surface area contributed by atoms with Gasteiger partial charge >= 0.3 is 5.97 Å². The van der Waals surface area contributed by atoms with E-state index in [1.807, 2.05) is 0 Å². The van der Waals surface area contributed by atoms with E-state index in [0.717, 1.165) is 0 Å². The summed E-state index contributed by atoms with van der Waals surface area (Å²) >= 11 is 8.01. The van der Waals surface area contributed by atoms with Gasteiger partial charge in [-0.3, -0.25) is 9.59 Å². The van der Waals surface area contributed by atoms with Crippen molar-refractivity contribution in [2.75, 3.05) is 256 Å². The quantitative estimate of drug-likeness (QED) is 0.0502. The fourth-order valence-corrected chi connectivity index (χ4v) is 5.09. The molecule has 67 heavy (non-hydrogen) atoms. The summed E-state index contributed by atoms with van der Waals surface area (Å²) in [5.74, 6) is 0.943. The molecule has 0 saturated heterocycles. The maximum absolute atomic E-state index is 11.4. The molecule has 0 spiro atoms. The Bertz CT molecular complexity index is 896. The third-order valence-electron chi connectivity index (χ3n) is 8.05. The van der Waals surface area contributed by atoms with Crippen LogP contribution in [-0.4, -0.2) is 268 Å². The standard InChI is InChI=1S/C44H86O21S2/c45-43(2-41-66)1-4-47-5-6-48-7-8-49-9-10-50-11-12-51-13-14-52-15-16-53-17-18-54-19-20-55-21-22-56-23-24-57-25-26-58-27-28-59-29-30-60-31-32-61-33-34-62-35-36-63-37-38-64-39-40-65-44(46)3-42-67/h66-67H,1-42H2. The van der Waals surface area contributed by atoms with Gasteiger partial charge in [0.15, 0.2) is 0 Å². The molecule has 0 N–H and O–H groups in total. The second-order valence-electron chi connectivity index (χ2n) is 13.5. The van der Waals surface area contributed by atoms with E-state index in [1.54, 1.807) is 0 Å². The molecule has 400 valence electrons. The molecule has 0 fully saturated rings. The van der Waals surface area contributed by atoms with E-state index in [4.69, 9.17) is 90.0 Å². The molecule has 0 radical (unpaired) electrons. The average molecular weight is 1020 g/mol. The Morgan fingerprint density at radius 3 is 0.552 bits per heavy atom. The van der Waals surface area contributed by atoms with Crippen LogP contribution in [0.5, 0.6) is 0 Å². The molecule has 0 unspecified atom stereocenters. The lowest BCUT2D eigenvalue weighted by molar-refractivity contribution is -0.144. The Morgan fingerprint density at radius 1 is 0.209 bits per heavy atom. The molecule has 0 aliphatic heterocycles. The predicted octanol–water partition coefficient (Wildman–Crippen LogP) is 1.43. The maximum atomic E-state index is 11.4. The highest BCUT2D eigenvalue weighted by atomic mass is 32.1. The van der Waals surface area contributed by atoms with Gasteiger partial charge in [0.2, 0.25) is 0 Å². The lowest BCUT2D eigenvalue weighted by atomic mass is 10.2. The van der Waals surface area contributed by atoms with Gasteiger partial charge in [-0.2, -0.15) is 25.3 Å². The van der Waals surface area contributed by atoms with Crippen molar-refractivity contribution in [1.82, 2.24) is 0 Å². The van der Waals surface area contributed by atoms with E-state index in [-0.39, 0.29) is 18.4 Å². The summed E-state index contributed by atoms with van der Waals surface area (Å²) in [7, 11) is 0. The molecule has 0 aromatic heterocycles. The fourth-order valence-electron chi connectivity index (χ4n) is 4.65. The van der Waals surface area contributed by atoms with Crippen LogP contribution in [-0.2, 0) is 99.6 Å². The van der Waals surface area contributed by atoms with Crippen LogP contribution in [0, 0.1) is 0 Å². The van der Waals surface area contributed by atoms with Crippen LogP contribution in [0.15, 0.2) is 0 Å².